The van der Waals surface area contributed by atoms with E-state index in [-0.39, 0.29) is 0 Å². The summed E-state index contributed by atoms with van der Waals surface area (Å²) in [5.41, 5.74) is 3.87. The van der Waals surface area contributed by atoms with Crippen LogP contribution in [0.3, 0.4) is 0 Å². The van der Waals surface area contributed by atoms with Crippen LogP contribution in [0.4, 0.5) is 5.69 Å². The summed E-state index contributed by atoms with van der Waals surface area (Å²) < 4.78 is 1.13. The SMILES string of the molecule is Cc1ccc(Br)c(NCCCc2ccccc2)c1. The van der Waals surface area contributed by atoms with E-state index in [1.54, 1.807) is 0 Å². The van der Waals surface area contributed by atoms with Crippen molar-refractivity contribution in [3.8, 4) is 0 Å². The number of halogens is 1. The molecule has 0 spiro atoms. The molecular weight excluding hydrogens is 286 g/mol. The Morgan fingerprint density at radius 2 is 1.83 bits per heavy atom. The monoisotopic (exact) mass is 303 g/mol. The van der Waals surface area contributed by atoms with Gasteiger partial charge < -0.3 is 5.32 Å². The summed E-state index contributed by atoms with van der Waals surface area (Å²) in [4.78, 5) is 0. The largest absolute Gasteiger partial charge is 0.384 e. The Bertz CT molecular complexity index is 494. The van der Waals surface area contributed by atoms with Crippen LogP contribution >= 0.6 is 15.9 Å². The van der Waals surface area contributed by atoms with Crippen molar-refractivity contribution in [2.45, 2.75) is 19.8 Å². The Kier molecular flexibility index (Phi) is 4.82. The second-order valence-electron chi connectivity index (χ2n) is 4.50. The number of hydrogen-bond acceptors (Lipinski definition) is 1. The van der Waals surface area contributed by atoms with Crippen LogP contribution < -0.4 is 5.32 Å². The molecular formula is C16H18BrN. The smallest absolute Gasteiger partial charge is 0.0487 e. The molecule has 18 heavy (non-hydrogen) atoms. The molecule has 0 saturated carbocycles. The van der Waals surface area contributed by atoms with Gasteiger partial charge in [0, 0.05) is 16.7 Å². The third-order valence-corrected chi connectivity index (χ3v) is 3.61. The van der Waals surface area contributed by atoms with Crippen LogP contribution in [0.1, 0.15) is 17.5 Å². The van der Waals surface area contributed by atoms with Crippen molar-refractivity contribution < 1.29 is 0 Å². The molecule has 2 aromatic rings. The second kappa shape index (κ2) is 6.60. The third kappa shape index (κ3) is 3.88. The summed E-state index contributed by atoms with van der Waals surface area (Å²) >= 11 is 3.56. The van der Waals surface area contributed by atoms with Crippen LogP contribution in [0, 0.1) is 6.92 Å². The molecule has 2 rings (SSSR count). The van der Waals surface area contributed by atoms with Gasteiger partial charge in [-0.25, -0.2) is 0 Å². The first-order valence-electron chi connectivity index (χ1n) is 6.29. The maximum Gasteiger partial charge on any atom is 0.0487 e. The van der Waals surface area contributed by atoms with E-state index in [1.807, 2.05) is 0 Å². The average Bonchev–Trinajstić information content (AvgIpc) is 2.40. The van der Waals surface area contributed by atoms with Gasteiger partial charge in [-0.2, -0.15) is 0 Å². The van der Waals surface area contributed by atoms with Crippen LogP contribution in [-0.4, -0.2) is 6.54 Å². The Morgan fingerprint density at radius 3 is 2.61 bits per heavy atom. The van der Waals surface area contributed by atoms with Gasteiger partial charge in [0.2, 0.25) is 0 Å². The maximum absolute atomic E-state index is 3.56. The number of aryl methyl sites for hydroxylation is 2. The first kappa shape index (κ1) is 13.2. The lowest BCUT2D eigenvalue weighted by molar-refractivity contribution is 0.862. The minimum Gasteiger partial charge on any atom is -0.384 e. The van der Waals surface area contributed by atoms with E-state index < -0.39 is 0 Å². The summed E-state index contributed by atoms with van der Waals surface area (Å²) in [6.07, 6.45) is 2.27. The fourth-order valence-electron chi connectivity index (χ4n) is 1.93. The normalized spacial score (nSPS) is 10.3. The number of benzene rings is 2. The molecule has 2 aromatic carbocycles. The summed E-state index contributed by atoms with van der Waals surface area (Å²) in [5.74, 6) is 0. The van der Waals surface area contributed by atoms with E-state index in [0.717, 1.165) is 23.9 Å². The van der Waals surface area contributed by atoms with Gasteiger partial charge in [-0.15, -0.1) is 0 Å². The Hall–Kier alpha value is -1.28. The van der Waals surface area contributed by atoms with Crippen molar-refractivity contribution in [3.63, 3.8) is 0 Å². The van der Waals surface area contributed by atoms with Crippen LogP contribution in [0.2, 0.25) is 0 Å². The highest BCUT2D eigenvalue weighted by Gasteiger charge is 1.99. The molecule has 1 nitrogen and oxygen atoms in total. The summed E-state index contributed by atoms with van der Waals surface area (Å²) in [6, 6.07) is 17.0. The van der Waals surface area contributed by atoms with E-state index in [1.165, 1.54) is 16.8 Å². The van der Waals surface area contributed by atoms with Gasteiger partial charge in [0.1, 0.15) is 0 Å². The Morgan fingerprint density at radius 1 is 1.06 bits per heavy atom. The predicted molar refractivity (Wildman–Crippen MR) is 82.1 cm³/mol. The van der Waals surface area contributed by atoms with Gasteiger partial charge >= 0.3 is 0 Å². The fourth-order valence-corrected chi connectivity index (χ4v) is 2.32. The molecule has 0 unspecified atom stereocenters. The minimum absolute atomic E-state index is 0.997. The lowest BCUT2D eigenvalue weighted by Crippen LogP contribution is -2.03. The Balaban J connectivity index is 1.80. The zero-order valence-electron chi connectivity index (χ0n) is 10.6. The molecule has 0 radical (unpaired) electrons. The molecule has 0 aliphatic rings. The van der Waals surface area contributed by atoms with Crippen molar-refractivity contribution in [1.82, 2.24) is 0 Å². The van der Waals surface area contributed by atoms with Gasteiger partial charge in [0.25, 0.3) is 0 Å². The highest BCUT2D eigenvalue weighted by atomic mass is 79.9. The van der Waals surface area contributed by atoms with Crippen molar-refractivity contribution in [2.24, 2.45) is 0 Å². The van der Waals surface area contributed by atoms with E-state index in [0.29, 0.717) is 0 Å². The van der Waals surface area contributed by atoms with Crippen LogP contribution in [0.5, 0.6) is 0 Å². The predicted octanol–water partition coefficient (Wildman–Crippen LogP) is 4.80. The van der Waals surface area contributed by atoms with Gasteiger partial charge in [0.05, 0.1) is 0 Å². The van der Waals surface area contributed by atoms with Gasteiger partial charge in [-0.1, -0.05) is 36.4 Å². The highest BCUT2D eigenvalue weighted by Crippen LogP contribution is 2.23. The molecule has 1 N–H and O–H groups in total. The van der Waals surface area contributed by atoms with Gasteiger partial charge in [0.15, 0.2) is 0 Å². The van der Waals surface area contributed by atoms with E-state index in [4.69, 9.17) is 0 Å². The molecule has 0 aromatic heterocycles. The topological polar surface area (TPSA) is 12.0 Å². The molecule has 0 aliphatic heterocycles. The highest BCUT2D eigenvalue weighted by molar-refractivity contribution is 9.10. The quantitative estimate of drug-likeness (QED) is 0.782. The van der Waals surface area contributed by atoms with Crippen LogP contribution in [-0.2, 0) is 6.42 Å². The number of nitrogens with one attached hydrogen (secondary N) is 1. The summed E-state index contributed by atoms with van der Waals surface area (Å²) in [5, 5.41) is 3.48. The second-order valence-corrected chi connectivity index (χ2v) is 5.35. The van der Waals surface area contributed by atoms with Crippen molar-refractivity contribution in [3.05, 3.63) is 64.1 Å². The zero-order chi connectivity index (χ0) is 12.8. The minimum atomic E-state index is 0.997. The molecule has 0 fully saturated rings. The Labute approximate surface area is 117 Å². The molecule has 0 atom stereocenters. The van der Waals surface area contributed by atoms with Crippen LogP contribution in [0.15, 0.2) is 53.0 Å². The first-order chi connectivity index (χ1) is 8.75. The number of anilines is 1. The lowest BCUT2D eigenvalue weighted by Gasteiger charge is -2.09. The molecule has 0 amide bonds. The van der Waals surface area contributed by atoms with Gasteiger partial charge in [-0.05, 0) is 59.0 Å². The summed E-state index contributed by atoms with van der Waals surface area (Å²) in [6.45, 7) is 3.11. The molecule has 94 valence electrons. The maximum atomic E-state index is 3.56. The third-order valence-electron chi connectivity index (χ3n) is 2.92. The van der Waals surface area contributed by atoms with Crippen molar-refractivity contribution in [1.29, 1.82) is 0 Å². The van der Waals surface area contributed by atoms with E-state index >= 15 is 0 Å². The van der Waals surface area contributed by atoms with Crippen molar-refractivity contribution >= 4 is 21.6 Å². The molecule has 0 aliphatic carbocycles. The number of hydrogen-bond donors (Lipinski definition) is 1. The van der Waals surface area contributed by atoms with Gasteiger partial charge in [-0.3, -0.25) is 0 Å². The van der Waals surface area contributed by atoms with E-state index in [9.17, 15) is 0 Å². The standard InChI is InChI=1S/C16H18BrN/c1-13-9-10-15(17)16(12-13)18-11-5-8-14-6-3-2-4-7-14/h2-4,6-7,9-10,12,18H,5,8,11H2,1H3. The molecule has 0 saturated heterocycles. The lowest BCUT2D eigenvalue weighted by atomic mass is 10.1. The molecule has 2 heteroatoms. The van der Waals surface area contributed by atoms with Crippen molar-refractivity contribution in [2.75, 3.05) is 11.9 Å². The first-order valence-corrected chi connectivity index (χ1v) is 7.09. The fraction of sp³-hybridized carbons (Fsp3) is 0.250. The molecule has 0 bridgehead atoms. The average molecular weight is 304 g/mol. The van der Waals surface area contributed by atoms with Crippen LogP contribution in [0.25, 0.3) is 0 Å². The zero-order valence-corrected chi connectivity index (χ0v) is 12.2. The summed E-state index contributed by atoms with van der Waals surface area (Å²) in [7, 11) is 0. The molecule has 0 heterocycles. The number of rotatable bonds is 5. The van der Waals surface area contributed by atoms with E-state index in [2.05, 4.69) is 76.7 Å².